The Morgan fingerprint density at radius 3 is 0.660 bits per heavy atom. The zero-order valence-corrected chi connectivity index (χ0v) is 80.5. The normalized spacial score (nSPS) is 11.6. The van der Waals surface area contributed by atoms with Crippen LogP contribution in [0.2, 0.25) is 0 Å². The summed E-state index contributed by atoms with van der Waals surface area (Å²) in [6.45, 7) is 0. The molecule has 150 heavy (non-hydrogen) atoms. The molecule has 30 aromatic rings. The van der Waals surface area contributed by atoms with Gasteiger partial charge in [-0.15, -0.1) is 0 Å². The maximum atomic E-state index is 5.19. The fraction of sp³-hybridized carbons (Fsp3) is 0. The van der Waals surface area contributed by atoms with Crippen molar-refractivity contribution in [3.05, 3.63) is 511 Å². The van der Waals surface area contributed by atoms with Crippen molar-refractivity contribution in [2.75, 3.05) is 0 Å². The molecule has 30 rings (SSSR count). The molecule has 0 saturated heterocycles. The van der Waals surface area contributed by atoms with E-state index in [1.54, 1.807) is 24.8 Å². The van der Waals surface area contributed by atoms with Crippen LogP contribution in [0.15, 0.2) is 511 Å². The zero-order chi connectivity index (χ0) is 99.1. The molecule has 0 fully saturated rings. The number of hydrogen-bond donors (Lipinski definition) is 0. The van der Waals surface area contributed by atoms with E-state index < -0.39 is 0 Å². The van der Waals surface area contributed by atoms with Crippen LogP contribution in [-0.4, -0.2) is 87.2 Å². The third kappa shape index (κ3) is 15.4. The van der Waals surface area contributed by atoms with E-state index in [9.17, 15) is 0 Å². The first-order chi connectivity index (χ1) is 74.4. The van der Waals surface area contributed by atoms with Crippen molar-refractivity contribution in [2.24, 2.45) is 0 Å². The van der Waals surface area contributed by atoms with Crippen LogP contribution in [-0.2, 0) is 0 Å². The number of para-hydroxylation sites is 9. The second-order valence-electron chi connectivity index (χ2n) is 37.3. The number of fused-ring (bicyclic) bond motifs is 18. The smallest absolute Gasteiger partial charge is 0.162 e. The van der Waals surface area contributed by atoms with E-state index >= 15 is 0 Å². The van der Waals surface area contributed by atoms with E-state index in [2.05, 4.69) is 496 Å². The second-order valence-corrected chi connectivity index (χ2v) is 37.3. The maximum Gasteiger partial charge on any atom is 0.162 e. The van der Waals surface area contributed by atoms with E-state index in [-0.39, 0.29) is 0 Å². The molecule has 0 spiro atoms. The first-order valence-corrected chi connectivity index (χ1v) is 49.9. The molecular formula is C132H84N18. The molecule has 0 N–H and O–H groups in total. The minimum Gasteiger partial charge on any atom is -0.309 e. The molecular weight excluding hydrogens is 1840 g/mol. The van der Waals surface area contributed by atoms with E-state index in [0.717, 1.165) is 117 Å². The lowest BCUT2D eigenvalue weighted by Gasteiger charge is -2.13. The molecule has 18 nitrogen and oxygen atoms in total. The van der Waals surface area contributed by atoms with E-state index in [4.69, 9.17) is 9.97 Å². The molecule has 0 amide bonds. The number of rotatable bonds is 15. The van der Waals surface area contributed by atoms with Gasteiger partial charge in [0.15, 0.2) is 29.1 Å². The van der Waals surface area contributed by atoms with E-state index in [0.29, 0.717) is 29.1 Å². The highest BCUT2D eigenvalue weighted by atomic mass is 15.1. The first-order valence-electron chi connectivity index (χ1n) is 49.9. The summed E-state index contributed by atoms with van der Waals surface area (Å²) < 4.78 is 14.0. The minimum atomic E-state index is 0.573. The summed E-state index contributed by atoms with van der Waals surface area (Å²) in [5.74, 6) is 3.99. The Morgan fingerprint density at radius 1 is 0.133 bits per heavy atom. The van der Waals surface area contributed by atoms with E-state index in [1.807, 2.05) is 42.5 Å². The van der Waals surface area contributed by atoms with Crippen LogP contribution in [0.5, 0.6) is 0 Å². The van der Waals surface area contributed by atoms with Gasteiger partial charge in [-0.3, -0.25) is 4.57 Å². The number of aromatic nitrogens is 18. The van der Waals surface area contributed by atoms with Gasteiger partial charge in [0.2, 0.25) is 0 Å². The van der Waals surface area contributed by atoms with Gasteiger partial charge in [-0.1, -0.05) is 261 Å². The van der Waals surface area contributed by atoms with Crippen LogP contribution in [0.4, 0.5) is 0 Å². The highest BCUT2D eigenvalue weighted by Crippen LogP contribution is 2.46. The SMILES string of the molecule is c1ccc(-c2cc(-n3c4ccccc4c4cc(-c5ccc6c(c5)c5ccccc5n6-c5ccccc5)ccc43)nc(-c3ccccc3)n2)cc1.c1ccc(-n2c3ccccc3c3cc(-c4ccc5c(c4)c4ccccc4n5-c4cc(-c5ncccn5)cc(-c5ncccn5)c4)ccc32)cc1.c1ccc(-n2c3ccccc3c3cc(-c4ccc5c(c4)c4ccccc4n5-c4cc(-c5ncncn5)cc(-c5ncncn5)c4)ccc32)cc1. The molecule has 0 unspecified atom stereocenters. The standard InChI is InChI=1S/C46H30N4.C44H28N6.C42H26N8/c1-4-14-31(15-5-1)40-30-45(48-46(47-40)32-16-6-2-7-17-32)50-42-23-13-11-21-37(42)39-29-34(25-27-44(39)50)33-24-26-43-38(28-33)36-20-10-12-22-41(36)49(43)35-18-8-3-9-19-35;1-2-10-33(11-3-1)49-39-14-6-4-12-35(39)37-27-29(16-18-41(37)49)30-17-19-42-38(28-30)36-13-5-7-15-40(36)50(42)34-25-31(43-45-20-8-21-46-43)24-32(26-34)44-47-22-9-23-48-44;1-2-8-31(9-3-1)49-37-12-6-4-10-33(37)35-21-27(14-16-39(35)49)28-15-17-40-36(22-28)34-11-5-7-13-38(34)50(40)32-19-29(41-45-23-43-24-46-41)18-30(20-32)42-47-25-44-26-48-42/h1-30H;1-28H;1-26H. The molecule has 0 aliphatic carbocycles. The maximum absolute atomic E-state index is 5.19. The van der Waals surface area contributed by atoms with Crippen LogP contribution in [0.1, 0.15) is 0 Å². The van der Waals surface area contributed by atoms with Crippen molar-refractivity contribution in [2.45, 2.75) is 0 Å². The van der Waals surface area contributed by atoms with Gasteiger partial charge in [-0.2, -0.15) is 0 Å². The predicted octanol–water partition coefficient (Wildman–Crippen LogP) is 31.4. The molecule has 0 aliphatic rings. The van der Waals surface area contributed by atoms with Gasteiger partial charge >= 0.3 is 0 Å². The molecule has 0 saturated carbocycles. The quantitative estimate of drug-likeness (QED) is 0.0947. The lowest BCUT2D eigenvalue weighted by atomic mass is 10.0. The Kier molecular flexibility index (Phi) is 21.4. The summed E-state index contributed by atoms with van der Waals surface area (Å²) in [6.07, 6.45) is 13.1. The Morgan fingerprint density at radius 2 is 0.367 bits per heavy atom. The predicted molar refractivity (Wildman–Crippen MR) is 608 cm³/mol. The zero-order valence-electron chi connectivity index (χ0n) is 80.5. The Balaban J connectivity index is 0.000000108. The van der Waals surface area contributed by atoms with Crippen molar-refractivity contribution < 1.29 is 0 Å². The monoisotopic (exact) mass is 1920 g/mol. The van der Waals surface area contributed by atoms with Crippen molar-refractivity contribution >= 4 is 131 Å². The molecule has 0 bridgehead atoms. The van der Waals surface area contributed by atoms with Crippen molar-refractivity contribution in [1.29, 1.82) is 0 Å². The summed E-state index contributed by atoms with van der Waals surface area (Å²) in [4.78, 5) is 54.4. The summed E-state index contributed by atoms with van der Waals surface area (Å²) in [5.41, 5.74) is 32.7. The van der Waals surface area contributed by atoms with Gasteiger partial charge in [-0.05, 0) is 228 Å². The van der Waals surface area contributed by atoms with Crippen molar-refractivity contribution in [3.8, 4) is 136 Å². The van der Waals surface area contributed by atoms with Gasteiger partial charge in [-0.25, -0.2) is 59.8 Å². The number of hydrogen-bond acceptors (Lipinski definition) is 12. The van der Waals surface area contributed by atoms with E-state index in [1.165, 1.54) is 145 Å². The first kappa shape index (κ1) is 87.1. The number of benzene rings is 19. The molecule has 11 heterocycles. The Labute approximate surface area is 859 Å². The topological polar surface area (TPSA) is 184 Å². The highest BCUT2D eigenvalue weighted by Gasteiger charge is 2.26. The molecule has 11 aromatic heterocycles. The second kappa shape index (κ2) is 36.9. The average molecular weight is 1920 g/mol. The summed E-state index contributed by atoms with van der Waals surface area (Å²) >= 11 is 0. The van der Waals surface area contributed by atoms with Gasteiger partial charge in [0.1, 0.15) is 31.1 Å². The minimum absolute atomic E-state index is 0.573. The van der Waals surface area contributed by atoms with Crippen LogP contribution < -0.4 is 0 Å². The fourth-order valence-electron chi connectivity index (χ4n) is 22.0. The van der Waals surface area contributed by atoms with Gasteiger partial charge in [0.05, 0.1) is 71.9 Å². The largest absolute Gasteiger partial charge is 0.309 e. The molecule has 19 aromatic carbocycles. The lowest BCUT2D eigenvalue weighted by molar-refractivity contribution is 1.05. The van der Waals surface area contributed by atoms with Crippen molar-refractivity contribution in [3.63, 3.8) is 0 Å². The van der Waals surface area contributed by atoms with Crippen LogP contribution in [0, 0.1) is 0 Å². The molecule has 0 radical (unpaired) electrons. The molecule has 18 heteroatoms. The summed E-state index contributed by atoms with van der Waals surface area (Å²) in [7, 11) is 0. The molecule has 0 atom stereocenters. The third-order valence-electron chi connectivity index (χ3n) is 28.6. The highest BCUT2D eigenvalue weighted by molar-refractivity contribution is 6.17. The Bertz CT molecular complexity index is 9340. The summed E-state index contributed by atoms with van der Waals surface area (Å²) in [5, 5.41) is 14.5. The van der Waals surface area contributed by atoms with Crippen LogP contribution in [0.25, 0.3) is 267 Å². The van der Waals surface area contributed by atoms with Gasteiger partial charge < -0.3 is 22.8 Å². The third-order valence-corrected chi connectivity index (χ3v) is 28.6. The van der Waals surface area contributed by atoms with Crippen LogP contribution in [0.3, 0.4) is 0 Å². The number of nitrogens with zero attached hydrogens (tertiary/aromatic N) is 18. The molecule has 0 aliphatic heterocycles. The molecule has 702 valence electrons. The Hall–Kier alpha value is -20.8. The van der Waals surface area contributed by atoms with Crippen molar-refractivity contribution in [1.82, 2.24) is 87.2 Å². The van der Waals surface area contributed by atoms with Gasteiger partial charge in [0, 0.05) is 157 Å². The fourth-order valence-corrected chi connectivity index (χ4v) is 22.0. The summed E-state index contributed by atoms with van der Waals surface area (Å²) in [6, 6.07) is 163. The lowest BCUT2D eigenvalue weighted by Crippen LogP contribution is -2.02. The van der Waals surface area contributed by atoms with Crippen LogP contribution >= 0.6 is 0 Å². The average Bonchev–Trinajstić information content (AvgIpc) is 1.72. The van der Waals surface area contributed by atoms with Gasteiger partial charge in [0.25, 0.3) is 0 Å².